The van der Waals surface area contributed by atoms with Gasteiger partial charge in [-0.25, -0.2) is 4.79 Å². The van der Waals surface area contributed by atoms with Crippen molar-refractivity contribution in [2.45, 2.75) is 119 Å². The number of guanidine groups is 1. The van der Waals surface area contributed by atoms with Crippen molar-refractivity contribution in [1.29, 1.82) is 5.41 Å². The first-order valence-corrected chi connectivity index (χ1v) is 24.1. The number of carbonyl (C=O) groups is 8. The third-order valence-electron chi connectivity index (χ3n) is 12.4. The highest BCUT2D eigenvalue weighted by Crippen LogP contribution is 2.20. The highest BCUT2D eigenvalue weighted by molar-refractivity contribution is 5.98. The van der Waals surface area contributed by atoms with Gasteiger partial charge in [-0.3, -0.25) is 39.0 Å². The Bertz CT molecular complexity index is 2280. The molecule has 3 aromatic rings. The summed E-state index contributed by atoms with van der Waals surface area (Å²) >= 11 is 0. The van der Waals surface area contributed by atoms with Crippen molar-refractivity contribution in [3.05, 3.63) is 108 Å². The molecule has 0 aliphatic carbocycles. The van der Waals surface area contributed by atoms with E-state index in [1.54, 1.807) is 60.7 Å². The smallest absolute Gasteiger partial charge is 0.326 e. The van der Waals surface area contributed by atoms with Gasteiger partial charge in [0.25, 0.3) is 0 Å². The number of nitrogens with zero attached hydrogens (tertiary/aromatic N) is 1. The van der Waals surface area contributed by atoms with Crippen molar-refractivity contribution in [3.8, 4) is 0 Å². The van der Waals surface area contributed by atoms with Gasteiger partial charge in [0.2, 0.25) is 41.4 Å². The molecule has 21 heteroatoms. The van der Waals surface area contributed by atoms with Crippen LogP contribution < -0.4 is 54.0 Å². The van der Waals surface area contributed by atoms with E-state index in [4.69, 9.17) is 16.9 Å². The van der Waals surface area contributed by atoms with Gasteiger partial charge in [0, 0.05) is 32.5 Å². The summed E-state index contributed by atoms with van der Waals surface area (Å²) in [5.74, 6) is -6.06. The molecule has 382 valence electrons. The van der Waals surface area contributed by atoms with Gasteiger partial charge < -0.3 is 64.0 Å². The second-order valence-corrected chi connectivity index (χ2v) is 17.8. The molecule has 2 fully saturated rings. The number of nitrogens with one attached hydrogen (secondary N) is 9. The lowest BCUT2D eigenvalue weighted by Gasteiger charge is -2.29. The number of nitrogens with two attached hydrogens (primary N) is 2. The van der Waals surface area contributed by atoms with Gasteiger partial charge in [-0.15, -0.1) is 0 Å². The first-order valence-electron chi connectivity index (χ1n) is 24.1. The molecule has 8 atom stereocenters. The molecule has 2 aliphatic rings. The van der Waals surface area contributed by atoms with E-state index in [9.17, 15) is 43.5 Å². The summed E-state index contributed by atoms with van der Waals surface area (Å²) in [6.07, 6.45) is 3.06. The minimum atomic E-state index is -1.40. The van der Waals surface area contributed by atoms with Crippen LogP contribution in [-0.4, -0.2) is 138 Å². The van der Waals surface area contributed by atoms with Crippen molar-refractivity contribution < 1.29 is 43.5 Å². The van der Waals surface area contributed by atoms with Crippen molar-refractivity contribution in [1.82, 2.24) is 47.4 Å². The zero-order chi connectivity index (χ0) is 51.3. The molecule has 2 heterocycles. The maximum absolute atomic E-state index is 14.4. The van der Waals surface area contributed by atoms with Gasteiger partial charge in [-0.05, 0) is 81.5 Å². The molecule has 3 aromatic carbocycles. The molecule has 0 unspecified atom stereocenters. The zero-order valence-corrected chi connectivity index (χ0v) is 40.0. The Morgan fingerprint density at radius 3 is 1.75 bits per heavy atom. The number of carboxylic acid groups (broad SMARTS) is 1. The van der Waals surface area contributed by atoms with Crippen LogP contribution >= 0.6 is 0 Å². The van der Waals surface area contributed by atoms with Crippen LogP contribution in [0.1, 0.15) is 68.6 Å². The summed E-state index contributed by atoms with van der Waals surface area (Å²) < 4.78 is 0. The van der Waals surface area contributed by atoms with E-state index in [-0.39, 0.29) is 57.1 Å². The van der Waals surface area contributed by atoms with Crippen LogP contribution in [0.5, 0.6) is 0 Å². The molecule has 7 amide bonds. The van der Waals surface area contributed by atoms with Crippen molar-refractivity contribution in [2.24, 2.45) is 11.5 Å². The number of aliphatic carboxylic acids is 1. The van der Waals surface area contributed by atoms with E-state index in [0.717, 1.165) is 12.0 Å². The molecular formula is C50H68N12O9. The van der Waals surface area contributed by atoms with Gasteiger partial charge in [-0.2, -0.15) is 0 Å². The predicted octanol–water partition coefficient (Wildman–Crippen LogP) is -0.917. The minimum Gasteiger partial charge on any atom is -0.480 e. The van der Waals surface area contributed by atoms with Crippen molar-refractivity contribution in [3.63, 3.8) is 0 Å². The molecule has 71 heavy (non-hydrogen) atoms. The highest BCUT2D eigenvalue weighted by atomic mass is 16.4. The molecular weight excluding hydrogens is 913 g/mol. The van der Waals surface area contributed by atoms with Crippen LogP contribution in [-0.2, 0) is 57.6 Å². The first kappa shape index (κ1) is 54.5. The van der Waals surface area contributed by atoms with Crippen LogP contribution in [0.2, 0.25) is 0 Å². The van der Waals surface area contributed by atoms with Crippen molar-refractivity contribution >= 4 is 53.3 Å². The van der Waals surface area contributed by atoms with Gasteiger partial charge in [0.05, 0.1) is 6.04 Å². The van der Waals surface area contributed by atoms with E-state index < -0.39 is 96.3 Å². The van der Waals surface area contributed by atoms with E-state index in [0.29, 0.717) is 43.4 Å². The van der Waals surface area contributed by atoms with Gasteiger partial charge in [0.1, 0.15) is 42.3 Å². The van der Waals surface area contributed by atoms with Crippen LogP contribution in [0, 0.1) is 5.41 Å². The Morgan fingerprint density at radius 1 is 0.662 bits per heavy atom. The van der Waals surface area contributed by atoms with Crippen LogP contribution in [0.3, 0.4) is 0 Å². The zero-order valence-electron chi connectivity index (χ0n) is 40.0. The lowest BCUT2D eigenvalue weighted by molar-refractivity contribution is -0.149. The number of amides is 7. The Balaban J connectivity index is 1.31. The number of hydrogen-bond donors (Lipinski definition) is 12. The van der Waals surface area contributed by atoms with E-state index in [2.05, 4.69) is 42.5 Å². The normalized spacial score (nSPS) is 17.7. The Labute approximate surface area is 413 Å². The number of hydrogen-bond acceptors (Lipinski definition) is 11. The minimum absolute atomic E-state index is 0.00589. The summed E-state index contributed by atoms with van der Waals surface area (Å²) in [4.78, 5) is 110. The number of carbonyl (C=O) groups excluding carboxylic acids is 7. The Hall–Kier alpha value is -7.39. The summed E-state index contributed by atoms with van der Waals surface area (Å²) in [5, 5.41) is 39.3. The third kappa shape index (κ3) is 17.2. The molecule has 0 spiro atoms. The van der Waals surface area contributed by atoms with E-state index in [1.165, 1.54) is 11.8 Å². The molecule has 2 saturated heterocycles. The average molecular weight is 981 g/mol. The highest BCUT2D eigenvalue weighted by Gasteiger charge is 2.39. The summed E-state index contributed by atoms with van der Waals surface area (Å²) in [6, 6.07) is 18.1. The van der Waals surface area contributed by atoms with E-state index >= 15 is 0 Å². The van der Waals surface area contributed by atoms with Crippen molar-refractivity contribution in [2.75, 3.05) is 26.2 Å². The number of likely N-dealkylation sites (tertiary alicyclic amines) is 1. The third-order valence-corrected chi connectivity index (χ3v) is 12.4. The quantitative estimate of drug-likeness (QED) is 0.0264. The maximum atomic E-state index is 14.4. The number of benzene rings is 3. The SMILES string of the molecule is C[C@H](NC(=O)[C@H](CN)NC(=O)[C@H](CCc1ccccc1)NC(=O)[C@H](Cc1ccccc1)NC(=O)[C@H](CCCNC(=N)N)NC(=O)[C@@H]1CCCN1)C(=O)N[C@@H](Cc1ccccc1)C(=O)N1CCC[C@@H]1C(=O)O. The standard InChI is InChI=1S/C50H68N12O9/c1-31(42(63)60-39(29-34-18-9-4-10-19-34)48(69)62-27-13-22-41(62)49(70)71)56-47(68)40(30-51)61-45(66)37(24-23-32-14-5-2-6-15-32)58-46(67)38(28-33-16-7-3-8-17-33)59-44(65)36(21-12-26-55-50(52)53)57-43(64)35-20-11-25-54-35/h2-10,14-19,31,35-41,54H,11-13,20-30,51H2,1H3,(H,56,68)(H,57,64)(H,58,67)(H,59,65)(H,60,63)(H,61,66)(H,70,71)(H4,52,53,55)/t31-,35-,36-,37-,38-,39-,40-,41+/m0/s1. The molecule has 0 aromatic heterocycles. The number of aryl methyl sites for hydroxylation is 1. The molecule has 2 aliphatic heterocycles. The van der Waals surface area contributed by atoms with E-state index in [1.807, 2.05) is 30.3 Å². The lowest BCUT2D eigenvalue weighted by atomic mass is 10.0. The van der Waals surface area contributed by atoms with Crippen LogP contribution in [0.15, 0.2) is 91.0 Å². The second-order valence-electron chi connectivity index (χ2n) is 17.8. The summed E-state index contributed by atoms with van der Waals surface area (Å²) in [6.45, 7) is 2.08. The monoisotopic (exact) mass is 981 g/mol. The van der Waals surface area contributed by atoms with Gasteiger partial charge in [-0.1, -0.05) is 91.0 Å². The molecule has 21 nitrogen and oxygen atoms in total. The fraction of sp³-hybridized carbons (Fsp3) is 0.460. The molecule has 0 radical (unpaired) electrons. The molecule has 0 saturated carbocycles. The molecule has 5 rings (SSSR count). The summed E-state index contributed by atoms with van der Waals surface area (Å²) in [7, 11) is 0. The lowest BCUT2D eigenvalue weighted by Crippen LogP contribution is -2.61. The maximum Gasteiger partial charge on any atom is 0.326 e. The Morgan fingerprint density at radius 2 is 1.18 bits per heavy atom. The average Bonchev–Trinajstić information content (AvgIpc) is 4.10. The number of carboxylic acids is 1. The fourth-order valence-electron chi connectivity index (χ4n) is 8.52. The fourth-order valence-corrected chi connectivity index (χ4v) is 8.52. The largest absolute Gasteiger partial charge is 0.480 e. The molecule has 0 bridgehead atoms. The predicted molar refractivity (Wildman–Crippen MR) is 264 cm³/mol. The summed E-state index contributed by atoms with van der Waals surface area (Å²) in [5.41, 5.74) is 13.7. The topological polar surface area (TPSA) is 332 Å². The Kier molecular flexibility index (Phi) is 21.3. The second kappa shape index (κ2) is 27.7. The molecule has 14 N–H and O–H groups in total. The van der Waals surface area contributed by atoms with Gasteiger partial charge in [0.15, 0.2) is 5.96 Å². The van der Waals surface area contributed by atoms with Crippen LogP contribution in [0.25, 0.3) is 0 Å². The number of rotatable bonds is 26. The van der Waals surface area contributed by atoms with Crippen LogP contribution in [0.4, 0.5) is 0 Å². The first-order chi connectivity index (χ1) is 34.1. The van der Waals surface area contributed by atoms with Gasteiger partial charge >= 0.3 is 5.97 Å².